The number of hydrogen-bond donors (Lipinski definition) is 0. The second-order valence-electron chi connectivity index (χ2n) is 14.1. The van der Waals surface area contributed by atoms with E-state index >= 15 is 0 Å². The number of unbranched alkanes of at least 4 members (excludes halogenated alkanes) is 12. The molecule has 0 saturated heterocycles. The van der Waals surface area contributed by atoms with Crippen molar-refractivity contribution in [3.8, 4) is 0 Å². The zero-order chi connectivity index (χ0) is 33.6. The van der Waals surface area contributed by atoms with Gasteiger partial charge in [-0.3, -0.25) is 0 Å². The summed E-state index contributed by atoms with van der Waals surface area (Å²) in [6, 6.07) is 14.2. The minimum Gasteiger partial charge on any atom is -0.340 e. The van der Waals surface area contributed by atoms with Crippen LogP contribution in [-0.2, 0) is 25.9 Å². The Bertz CT molecular complexity index is 1560. The molecule has 3 aromatic rings. The first kappa shape index (κ1) is 35.9. The van der Waals surface area contributed by atoms with Crippen LogP contribution in [0.3, 0.4) is 0 Å². The van der Waals surface area contributed by atoms with Gasteiger partial charge in [0, 0.05) is 24.1 Å². The number of aromatic nitrogens is 4. The maximum Gasteiger partial charge on any atom is 0.0894 e. The van der Waals surface area contributed by atoms with Crippen LogP contribution in [0.5, 0.6) is 0 Å². The second kappa shape index (κ2) is 19.0. The first-order valence-electron chi connectivity index (χ1n) is 19.8. The molecule has 0 fully saturated rings. The van der Waals surface area contributed by atoms with E-state index in [1.165, 1.54) is 136 Å². The highest BCUT2D eigenvalue weighted by Crippen LogP contribution is 2.32. The Hall–Kier alpha value is -3.40. The quantitative estimate of drug-likeness (QED) is 0.0789. The van der Waals surface area contributed by atoms with Gasteiger partial charge in [0.2, 0.25) is 0 Å². The summed E-state index contributed by atoms with van der Waals surface area (Å²) in [5, 5.41) is 0. The summed E-state index contributed by atoms with van der Waals surface area (Å²) in [5.74, 6) is 0. The molecular formula is C44H62N4. The van der Waals surface area contributed by atoms with Gasteiger partial charge >= 0.3 is 0 Å². The van der Waals surface area contributed by atoms with E-state index in [4.69, 9.17) is 9.97 Å². The molecule has 0 unspecified atom stereocenters. The van der Waals surface area contributed by atoms with Crippen molar-refractivity contribution in [3.63, 3.8) is 0 Å². The lowest BCUT2D eigenvalue weighted by Gasteiger charge is -2.14. The van der Waals surface area contributed by atoms with E-state index in [0.717, 1.165) is 48.7 Å². The molecule has 0 radical (unpaired) electrons. The molecular weight excluding hydrogens is 585 g/mol. The van der Waals surface area contributed by atoms with Gasteiger partial charge in [0.05, 0.1) is 33.8 Å². The van der Waals surface area contributed by atoms with Gasteiger partial charge in [-0.1, -0.05) is 105 Å². The normalized spacial score (nSPS) is 12.4. The monoisotopic (exact) mass is 646 g/mol. The van der Waals surface area contributed by atoms with E-state index < -0.39 is 0 Å². The van der Waals surface area contributed by atoms with Crippen molar-refractivity contribution in [1.29, 1.82) is 0 Å². The van der Waals surface area contributed by atoms with Crippen molar-refractivity contribution in [3.05, 3.63) is 70.3 Å². The molecule has 48 heavy (non-hydrogen) atoms. The lowest BCUT2D eigenvalue weighted by Crippen LogP contribution is -2.04. The Balaban J connectivity index is 1.82. The summed E-state index contributed by atoms with van der Waals surface area (Å²) in [4.78, 5) is 9.94. The maximum atomic E-state index is 4.97. The number of rotatable bonds is 20. The molecule has 5 rings (SSSR count). The number of nitrogens with zero attached hydrogens (tertiary/aromatic N) is 4. The van der Waals surface area contributed by atoms with Crippen molar-refractivity contribution < 1.29 is 0 Å². The van der Waals surface area contributed by atoms with E-state index in [9.17, 15) is 0 Å². The predicted octanol–water partition coefficient (Wildman–Crippen LogP) is 13.0. The van der Waals surface area contributed by atoms with E-state index in [2.05, 4.69) is 97.5 Å². The van der Waals surface area contributed by atoms with Gasteiger partial charge in [-0.2, -0.15) is 0 Å². The van der Waals surface area contributed by atoms with Gasteiger partial charge in [-0.15, -0.1) is 0 Å². The average Bonchev–Trinajstić information content (AvgIpc) is 3.89. The predicted molar refractivity (Wildman–Crippen MR) is 210 cm³/mol. The minimum atomic E-state index is 0.949. The molecule has 4 heteroatoms. The van der Waals surface area contributed by atoms with Crippen molar-refractivity contribution in [2.45, 2.75) is 156 Å². The Labute approximate surface area is 291 Å². The maximum absolute atomic E-state index is 4.97. The smallest absolute Gasteiger partial charge is 0.0894 e. The lowest BCUT2D eigenvalue weighted by molar-refractivity contribution is 0.594. The molecule has 3 aromatic heterocycles. The Morgan fingerprint density at radius 2 is 0.833 bits per heavy atom. The molecule has 258 valence electrons. The van der Waals surface area contributed by atoms with Gasteiger partial charge in [-0.25, -0.2) is 9.97 Å². The van der Waals surface area contributed by atoms with E-state index in [1.54, 1.807) is 0 Å². The zero-order valence-corrected chi connectivity index (χ0v) is 30.7. The summed E-state index contributed by atoms with van der Waals surface area (Å²) < 4.78 is 5.42. The molecule has 4 nitrogen and oxygen atoms in total. The number of hydrogen-bond acceptors (Lipinski definition) is 2. The lowest BCUT2D eigenvalue weighted by atomic mass is 10.0. The standard InChI is InChI=1S/C44H62N4/c1-5-9-13-17-21-35-33-39-27-23-37-25-29-41(45-37)42-30-26-38(46-42)24-28-40-34-36(22-18-14-10-6-2)44(48(40)32-20-16-12-8-4)43(35)47(39)31-19-15-11-7-3/h23-30,33-34H,5-22,31-32H2,1-4H3. The van der Waals surface area contributed by atoms with Crippen molar-refractivity contribution >= 4 is 46.4 Å². The molecule has 0 saturated carbocycles. The molecule has 0 spiro atoms. The topological polar surface area (TPSA) is 35.6 Å². The van der Waals surface area contributed by atoms with Gasteiger partial charge in [0.25, 0.3) is 0 Å². The first-order chi connectivity index (χ1) is 23.7. The fourth-order valence-electron chi connectivity index (χ4n) is 7.40. The van der Waals surface area contributed by atoms with Crippen LogP contribution in [0.15, 0.2) is 36.4 Å². The molecule has 0 atom stereocenters. The summed E-state index contributed by atoms with van der Waals surface area (Å²) in [6.07, 6.45) is 31.1. The Morgan fingerprint density at radius 3 is 1.23 bits per heavy atom. The summed E-state index contributed by atoms with van der Waals surface area (Å²) in [6.45, 7) is 11.4. The van der Waals surface area contributed by atoms with Crippen LogP contribution < -0.4 is 0 Å². The van der Waals surface area contributed by atoms with Crippen LogP contribution >= 0.6 is 0 Å². The largest absolute Gasteiger partial charge is 0.340 e. The van der Waals surface area contributed by atoms with Crippen LogP contribution in [0, 0.1) is 0 Å². The van der Waals surface area contributed by atoms with Crippen LogP contribution in [0.25, 0.3) is 46.4 Å². The highest BCUT2D eigenvalue weighted by molar-refractivity contribution is 5.89. The molecule has 0 N–H and O–H groups in total. The summed E-state index contributed by atoms with van der Waals surface area (Å²) in [5.41, 5.74) is 12.6. The van der Waals surface area contributed by atoms with Crippen molar-refractivity contribution in [2.75, 3.05) is 0 Å². The van der Waals surface area contributed by atoms with Gasteiger partial charge in [0.15, 0.2) is 0 Å². The third-order valence-electron chi connectivity index (χ3n) is 10.1. The summed E-state index contributed by atoms with van der Waals surface area (Å²) >= 11 is 0. The highest BCUT2D eigenvalue weighted by Gasteiger charge is 2.17. The van der Waals surface area contributed by atoms with Gasteiger partial charge in [0.1, 0.15) is 0 Å². The Morgan fingerprint density at radius 1 is 0.438 bits per heavy atom. The molecule has 0 amide bonds. The first-order valence-corrected chi connectivity index (χ1v) is 19.8. The second-order valence-corrected chi connectivity index (χ2v) is 14.1. The highest BCUT2D eigenvalue weighted by atomic mass is 15.0. The van der Waals surface area contributed by atoms with Crippen molar-refractivity contribution in [1.82, 2.24) is 19.1 Å². The van der Waals surface area contributed by atoms with Crippen LogP contribution in [-0.4, -0.2) is 19.1 Å². The van der Waals surface area contributed by atoms with Crippen LogP contribution in [0.1, 0.15) is 164 Å². The SMILES string of the molecule is CCCCCCc1cc2ccc3nc(c4nc(ccc5cc(CCCCCC)c(c1n2CCCCCC)n5CCCCCC)C=C4)C=C3. The van der Waals surface area contributed by atoms with Gasteiger partial charge < -0.3 is 9.13 Å². The Kier molecular flexibility index (Phi) is 14.2. The fourth-order valence-corrected chi connectivity index (χ4v) is 7.40. The third kappa shape index (κ3) is 9.39. The van der Waals surface area contributed by atoms with Crippen LogP contribution in [0.2, 0.25) is 0 Å². The molecule has 2 aliphatic heterocycles. The summed E-state index contributed by atoms with van der Waals surface area (Å²) in [7, 11) is 0. The van der Waals surface area contributed by atoms with Crippen LogP contribution in [0.4, 0.5) is 0 Å². The van der Waals surface area contributed by atoms with Gasteiger partial charge in [-0.05, 0) is 110 Å². The third-order valence-corrected chi connectivity index (χ3v) is 10.1. The number of fused-ring (bicyclic) bond motifs is 10. The number of aryl methyl sites for hydroxylation is 4. The van der Waals surface area contributed by atoms with E-state index in [-0.39, 0.29) is 0 Å². The fraction of sp³-hybridized carbons (Fsp3) is 0.545. The van der Waals surface area contributed by atoms with Crippen molar-refractivity contribution in [2.24, 2.45) is 0 Å². The zero-order valence-electron chi connectivity index (χ0n) is 30.7. The molecule has 0 aliphatic carbocycles. The molecule has 2 aliphatic rings. The average molecular weight is 647 g/mol. The molecule has 0 aromatic carbocycles. The van der Waals surface area contributed by atoms with E-state index in [1.807, 2.05) is 0 Å². The molecule has 8 bridgehead atoms. The minimum absolute atomic E-state index is 0.949. The molecule has 5 heterocycles. The van der Waals surface area contributed by atoms with E-state index in [0.29, 0.717) is 0 Å².